The van der Waals surface area contributed by atoms with E-state index >= 15 is 0 Å². The SMILES string of the molecule is CC(C)(C)OC(=O)NC/C=C/c1cn2c(=O)[nH]nc2c2cc(Cl)ccc12. The van der Waals surface area contributed by atoms with Crippen LogP contribution in [0.1, 0.15) is 26.3 Å². The molecule has 0 unspecified atom stereocenters. The van der Waals surface area contributed by atoms with E-state index in [9.17, 15) is 9.59 Å². The number of rotatable bonds is 3. The summed E-state index contributed by atoms with van der Waals surface area (Å²) in [6, 6.07) is 5.42. The van der Waals surface area contributed by atoms with E-state index in [-0.39, 0.29) is 5.69 Å². The maximum absolute atomic E-state index is 11.9. The van der Waals surface area contributed by atoms with Crippen LogP contribution >= 0.6 is 11.6 Å². The van der Waals surface area contributed by atoms with Crippen molar-refractivity contribution in [2.45, 2.75) is 26.4 Å². The summed E-state index contributed by atoms with van der Waals surface area (Å²) in [5.74, 6) is 0. The van der Waals surface area contributed by atoms with Crippen LogP contribution in [0.4, 0.5) is 4.79 Å². The molecule has 0 atom stereocenters. The molecule has 0 saturated carbocycles. The molecule has 7 nitrogen and oxygen atoms in total. The Labute approximate surface area is 154 Å². The van der Waals surface area contributed by atoms with Crippen LogP contribution in [0.2, 0.25) is 5.02 Å². The van der Waals surface area contributed by atoms with Crippen molar-refractivity contribution in [2.24, 2.45) is 0 Å². The van der Waals surface area contributed by atoms with E-state index < -0.39 is 11.7 Å². The fraction of sp³-hybridized carbons (Fsp3) is 0.278. The highest BCUT2D eigenvalue weighted by Crippen LogP contribution is 2.26. The second kappa shape index (κ2) is 6.84. The summed E-state index contributed by atoms with van der Waals surface area (Å²) in [5.41, 5.74) is 0.440. The average molecular weight is 375 g/mol. The second-order valence-electron chi connectivity index (χ2n) is 6.78. The lowest BCUT2D eigenvalue weighted by molar-refractivity contribution is 0.0534. The van der Waals surface area contributed by atoms with Gasteiger partial charge < -0.3 is 10.1 Å². The van der Waals surface area contributed by atoms with E-state index in [1.165, 1.54) is 4.40 Å². The van der Waals surface area contributed by atoms with Crippen LogP contribution in [0, 0.1) is 0 Å². The van der Waals surface area contributed by atoms with Crippen LogP contribution in [0.5, 0.6) is 0 Å². The highest BCUT2D eigenvalue weighted by atomic mass is 35.5. The lowest BCUT2D eigenvalue weighted by Gasteiger charge is -2.19. The predicted octanol–water partition coefficient (Wildman–Crippen LogP) is 3.37. The average Bonchev–Trinajstić information content (AvgIpc) is 2.91. The number of aromatic nitrogens is 3. The van der Waals surface area contributed by atoms with Gasteiger partial charge in [0, 0.05) is 23.2 Å². The van der Waals surface area contributed by atoms with E-state index in [1.807, 2.05) is 12.1 Å². The third-order valence-electron chi connectivity index (χ3n) is 3.57. The first-order valence-electron chi connectivity index (χ1n) is 8.07. The highest BCUT2D eigenvalue weighted by molar-refractivity contribution is 6.31. The molecule has 0 spiro atoms. The van der Waals surface area contributed by atoms with E-state index in [0.717, 1.165) is 16.3 Å². The van der Waals surface area contributed by atoms with Crippen molar-refractivity contribution in [3.8, 4) is 0 Å². The van der Waals surface area contributed by atoms with Gasteiger partial charge in [0.2, 0.25) is 0 Å². The van der Waals surface area contributed by atoms with E-state index in [4.69, 9.17) is 16.3 Å². The number of hydrogen-bond acceptors (Lipinski definition) is 4. The first-order valence-corrected chi connectivity index (χ1v) is 8.45. The molecule has 2 heterocycles. The Morgan fingerprint density at radius 1 is 1.38 bits per heavy atom. The summed E-state index contributed by atoms with van der Waals surface area (Å²) in [4.78, 5) is 23.6. The van der Waals surface area contributed by atoms with Crippen molar-refractivity contribution in [3.63, 3.8) is 0 Å². The lowest BCUT2D eigenvalue weighted by atomic mass is 10.1. The molecule has 1 aromatic carbocycles. The Hall–Kier alpha value is -2.80. The van der Waals surface area contributed by atoms with E-state index in [1.54, 1.807) is 45.2 Å². The molecule has 0 saturated heterocycles. The van der Waals surface area contributed by atoms with Gasteiger partial charge >= 0.3 is 11.8 Å². The topological polar surface area (TPSA) is 88.5 Å². The molecule has 0 aliphatic carbocycles. The Bertz CT molecular complexity index is 1060. The monoisotopic (exact) mass is 374 g/mol. The Kier molecular flexibility index (Phi) is 4.73. The smallest absolute Gasteiger partial charge is 0.407 e. The van der Waals surface area contributed by atoms with Crippen molar-refractivity contribution in [1.29, 1.82) is 0 Å². The Morgan fingerprint density at radius 2 is 2.15 bits per heavy atom. The quantitative estimate of drug-likeness (QED) is 0.735. The van der Waals surface area contributed by atoms with Gasteiger partial charge in [0.1, 0.15) is 5.60 Å². The van der Waals surface area contributed by atoms with Gasteiger partial charge in [-0.1, -0.05) is 29.8 Å². The minimum atomic E-state index is -0.545. The van der Waals surface area contributed by atoms with Gasteiger partial charge in [-0.3, -0.25) is 0 Å². The van der Waals surface area contributed by atoms with Crippen LogP contribution < -0.4 is 11.0 Å². The van der Waals surface area contributed by atoms with Crippen LogP contribution in [-0.4, -0.2) is 32.8 Å². The third-order valence-corrected chi connectivity index (χ3v) is 3.80. The third kappa shape index (κ3) is 3.88. The highest BCUT2D eigenvalue weighted by Gasteiger charge is 2.15. The zero-order valence-corrected chi connectivity index (χ0v) is 15.4. The fourth-order valence-electron chi connectivity index (χ4n) is 2.55. The van der Waals surface area contributed by atoms with Crippen LogP contribution in [0.3, 0.4) is 0 Å². The normalized spacial score (nSPS) is 12.2. The Balaban J connectivity index is 1.88. The number of nitrogens with zero attached hydrogens (tertiary/aromatic N) is 2. The van der Waals surface area contributed by atoms with E-state index in [2.05, 4.69) is 15.5 Å². The molecule has 0 aliphatic rings. The number of carbonyl (C=O) groups excluding carboxylic acids is 1. The number of halogens is 1. The number of H-pyrrole nitrogens is 1. The van der Waals surface area contributed by atoms with Gasteiger partial charge in [-0.15, -0.1) is 0 Å². The molecule has 26 heavy (non-hydrogen) atoms. The zero-order valence-electron chi connectivity index (χ0n) is 14.7. The molecule has 0 aliphatic heterocycles. The molecule has 0 radical (unpaired) electrons. The molecule has 2 N–H and O–H groups in total. The molecule has 0 bridgehead atoms. The van der Waals surface area contributed by atoms with E-state index in [0.29, 0.717) is 17.2 Å². The van der Waals surface area contributed by atoms with Gasteiger partial charge in [0.25, 0.3) is 0 Å². The maximum atomic E-state index is 11.9. The number of aromatic amines is 1. The zero-order chi connectivity index (χ0) is 18.9. The number of nitrogens with one attached hydrogen (secondary N) is 2. The molecule has 8 heteroatoms. The Morgan fingerprint density at radius 3 is 2.88 bits per heavy atom. The molecule has 3 rings (SSSR count). The first-order chi connectivity index (χ1) is 12.2. The number of pyridine rings is 1. The van der Waals surface area contributed by atoms with Crippen molar-refractivity contribution in [2.75, 3.05) is 6.54 Å². The minimum Gasteiger partial charge on any atom is -0.444 e. The van der Waals surface area contributed by atoms with Crippen molar-refractivity contribution >= 4 is 40.2 Å². The fourth-order valence-corrected chi connectivity index (χ4v) is 2.72. The summed E-state index contributed by atoms with van der Waals surface area (Å²) in [5, 5.41) is 11.4. The molecule has 0 fully saturated rings. The molecule has 136 valence electrons. The first kappa shape index (κ1) is 18.0. The number of ether oxygens (including phenoxy) is 1. The maximum Gasteiger partial charge on any atom is 0.407 e. The van der Waals surface area contributed by atoms with Crippen molar-refractivity contribution < 1.29 is 9.53 Å². The van der Waals surface area contributed by atoms with Gasteiger partial charge in [0.15, 0.2) is 5.65 Å². The standard InChI is InChI=1S/C18H19ClN4O3/c1-18(2,3)26-17(25)20-8-4-5-11-10-23-15(21-22-16(23)24)14-9-12(19)6-7-13(11)14/h4-7,9-10H,8H2,1-3H3,(H,20,25)(H,22,24)/b5-4+. The molecular formula is C18H19ClN4O3. The molecule has 3 aromatic rings. The minimum absolute atomic E-state index is 0.294. The van der Waals surface area contributed by atoms with Crippen LogP contribution in [-0.2, 0) is 4.74 Å². The summed E-state index contributed by atoms with van der Waals surface area (Å²) in [6.45, 7) is 5.70. The summed E-state index contributed by atoms with van der Waals surface area (Å²) < 4.78 is 6.61. The number of alkyl carbamates (subject to hydrolysis) is 1. The summed E-state index contributed by atoms with van der Waals surface area (Å²) in [7, 11) is 0. The number of benzene rings is 1. The lowest BCUT2D eigenvalue weighted by Crippen LogP contribution is -2.32. The number of hydrogen-bond donors (Lipinski definition) is 2. The largest absolute Gasteiger partial charge is 0.444 e. The van der Waals surface area contributed by atoms with Gasteiger partial charge in [-0.25, -0.2) is 19.1 Å². The van der Waals surface area contributed by atoms with Crippen molar-refractivity contribution in [1.82, 2.24) is 19.9 Å². The number of fused-ring (bicyclic) bond motifs is 3. The van der Waals surface area contributed by atoms with Crippen molar-refractivity contribution in [3.05, 3.63) is 51.5 Å². The van der Waals surface area contributed by atoms with Gasteiger partial charge in [-0.2, -0.15) is 5.10 Å². The van der Waals surface area contributed by atoms with Crippen LogP contribution in [0.15, 0.2) is 35.3 Å². The molecule has 2 aromatic heterocycles. The second-order valence-corrected chi connectivity index (χ2v) is 7.22. The number of amides is 1. The summed E-state index contributed by atoms with van der Waals surface area (Å²) in [6.07, 6.45) is 4.82. The molecular weight excluding hydrogens is 356 g/mol. The summed E-state index contributed by atoms with van der Waals surface area (Å²) >= 11 is 6.09. The van der Waals surface area contributed by atoms with Gasteiger partial charge in [0.05, 0.1) is 0 Å². The molecule has 1 amide bonds. The van der Waals surface area contributed by atoms with Gasteiger partial charge in [-0.05, 0) is 43.9 Å². The number of carbonyl (C=O) groups is 1. The predicted molar refractivity (Wildman–Crippen MR) is 102 cm³/mol. The van der Waals surface area contributed by atoms with Crippen LogP contribution in [0.25, 0.3) is 22.5 Å².